The molecule has 8 nitrogen and oxygen atoms in total. The summed E-state index contributed by atoms with van der Waals surface area (Å²) in [6.07, 6.45) is 0.658. The van der Waals surface area contributed by atoms with Gasteiger partial charge in [0, 0.05) is 62.7 Å². The van der Waals surface area contributed by atoms with Crippen molar-refractivity contribution in [2.75, 3.05) is 58.3 Å². The van der Waals surface area contributed by atoms with Crippen LogP contribution in [0.25, 0.3) is 10.9 Å². The number of hydrogen-bond acceptors (Lipinski definition) is 6. The number of fused-ring (bicyclic) bond motifs is 1. The first-order valence-corrected chi connectivity index (χ1v) is 12.6. The molecule has 1 aromatic heterocycles. The van der Waals surface area contributed by atoms with E-state index in [2.05, 4.69) is 63.6 Å². The van der Waals surface area contributed by atoms with Crippen LogP contribution >= 0.6 is 27.5 Å². The summed E-state index contributed by atoms with van der Waals surface area (Å²) >= 11 is 9.58. The second-order valence-corrected chi connectivity index (χ2v) is 11.2. The van der Waals surface area contributed by atoms with Crippen LogP contribution in [0.4, 0.5) is 15.1 Å². The molecular formula is C23H31BrClFN6O2. The fourth-order valence-corrected chi connectivity index (χ4v) is 5.36. The molecule has 1 N–H and O–H groups in total. The number of nitrogens with zero attached hydrogens (tertiary/aromatic N) is 6. The maximum atomic E-state index is 15.3. The Kier molecular flexibility index (Phi) is 7.24. The average molecular weight is 558 g/mol. The van der Waals surface area contributed by atoms with Crippen LogP contribution < -0.4 is 4.90 Å². The highest BCUT2D eigenvalue weighted by atomic mass is 79.9. The van der Waals surface area contributed by atoms with Crippen LogP contribution in [0.5, 0.6) is 0 Å². The fourth-order valence-electron chi connectivity index (χ4n) is 4.87. The maximum absolute atomic E-state index is 15.3. The third kappa shape index (κ3) is 4.96. The van der Waals surface area contributed by atoms with E-state index in [9.17, 15) is 9.90 Å². The third-order valence-corrected chi connectivity index (χ3v) is 8.38. The van der Waals surface area contributed by atoms with Crippen molar-refractivity contribution in [1.82, 2.24) is 24.7 Å². The van der Waals surface area contributed by atoms with Crippen LogP contribution in [0.1, 0.15) is 26.0 Å². The third-order valence-electron chi connectivity index (χ3n) is 7.08. The predicted octanol–water partition coefficient (Wildman–Crippen LogP) is 3.94. The molecule has 4 rings (SSSR count). The zero-order valence-electron chi connectivity index (χ0n) is 20.0. The van der Waals surface area contributed by atoms with E-state index in [-0.39, 0.29) is 20.6 Å². The Hall–Kier alpha value is -1.75. The van der Waals surface area contributed by atoms with E-state index in [4.69, 9.17) is 16.6 Å². The molecular weight excluding hydrogens is 527 g/mol. The molecule has 1 atom stereocenters. The van der Waals surface area contributed by atoms with Gasteiger partial charge >= 0.3 is 6.09 Å². The molecule has 0 aliphatic carbocycles. The van der Waals surface area contributed by atoms with Gasteiger partial charge in [-0.2, -0.15) is 0 Å². The number of aromatic nitrogens is 2. The quantitative estimate of drug-likeness (QED) is 0.558. The Labute approximate surface area is 212 Å². The van der Waals surface area contributed by atoms with Gasteiger partial charge in [-0.1, -0.05) is 11.6 Å². The van der Waals surface area contributed by atoms with Crippen molar-refractivity contribution in [3.05, 3.63) is 27.1 Å². The lowest BCUT2D eigenvalue weighted by molar-refractivity contribution is 0.0512. The van der Waals surface area contributed by atoms with Gasteiger partial charge in [-0.25, -0.2) is 19.2 Å². The van der Waals surface area contributed by atoms with Gasteiger partial charge in [-0.15, -0.1) is 0 Å². The molecule has 0 bridgehead atoms. The SMILES string of the molecule is CN(C)C1CCN(c2nc(CC(C)(C)N3CCN(C(=O)O)CC3)c3cc(Cl)c(Br)c(F)c3n2)C1. The summed E-state index contributed by atoms with van der Waals surface area (Å²) in [7, 11) is 4.12. The Balaban J connectivity index is 1.70. The summed E-state index contributed by atoms with van der Waals surface area (Å²) in [6, 6.07) is 2.13. The van der Waals surface area contributed by atoms with Gasteiger partial charge in [-0.05, 0) is 56.4 Å². The van der Waals surface area contributed by atoms with Crippen molar-refractivity contribution in [2.24, 2.45) is 0 Å². The molecule has 3 heterocycles. The van der Waals surface area contributed by atoms with E-state index in [1.165, 1.54) is 4.90 Å². The van der Waals surface area contributed by atoms with Crippen molar-refractivity contribution in [1.29, 1.82) is 0 Å². The lowest BCUT2D eigenvalue weighted by Crippen LogP contribution is -2.56. The summed E-state index contributed by atoms with van der Waals surface area (Å²) < 4.78 is 15.5. The van der Waals surface area contributed by atoms with Crippen LogP contribution in [-0.2, 0) is 6.42 Å². The second-order valence-electron chi connectivity index (χ2n) is 9.95. The number of carbonyl (C=O) groups is 1. The normalized spacial score (nSPS) is 20.1. The van der Waals surface area contributed by atoms with Crippen LogP contribution in [0.3, 0.4) is 0 Å². The van der Waals surface area contributed by atoms with E-state index in [0.29, 0.717) is 50.0 Å². The van der Waals surface area contributed by atoms with Gasteiger partial charge in [0.1, 0.15) is 5.52 Å². The van der Waals surface area contributed by atoms with E-state index >= 15 is 4.39 Å². The van der Waals surface area contributed by atoms with Gasteiger partial charge in [-0.3, -0.25) is 4.90 Å². The second kappa shape index (κ2) is 9.72. The first kappa shape index (κ1) is 25.3. The van der Waals surface area contributed by atoms with Crippen molar-refractivity contribution in [2.45, 2.75) is 38.3 Å². The Morgan fingerprint density at radius 1 is 1.26 bits per heavy atom. The summed E-state index contributed by atoms with van der Waals surface area (Å²) in [5.74, 6) is 0.0510. The van der Waals surface area contributed by atoms with E-state index in [1.54, 1.807) is 6.07 Å². The maximum Gasteiger partial charge on any atom is 0.407 e. The molecule has 2 fully saturated rings. The van der Waals surface area contributed by atoms with Gasteiger partial charge in [0.25, 0.3) is 0 Å². The number of carboxylic acid groups (broad SMARTS) is 1. The molecule has 2 aliphatic rings. The van der Waals surface area contributed by atoms with Crippen molar-refractivity contribution >= 4 is 50.5 Å². The highest BCUT2D eigenvalue weighted by Crippen LogP contribution is 2.35. The van der Waals surface area contributed by atoms with Crippen LogP contribution in [-0.4, -0.2) is 101 Å². The Morgan fingerprint density at radius 2 is 1.94 bits per heavy atom. The predicted molar refractivity (Wildman–Crippen MR) is 135 cm³/mol. The number of halogens is 3. The van der Waals surface area contributed by atoms with Gasteiger partial charge in [0.15, 0.2) is 5.82 Å². The van der Waals surface area contributed by atoms with Crippen molar-refractivity contribution in [3.63, 3.8) is 0 Å². The molecule has 1 unspecified atom stereocenters. The van der Waals surface area contributed by atoms with Gasteiger partial charge < -0.3 is 19.8 Å². The summed E-state index contributed by atoms with van der Waals surface area (Å²) in [4.78, 5) is 28.9. The Morgan fingerprint density at radius 3 is 2.53 bits per heavy atom. The van der Waals surface area contributed by atoms with Crippen LogP contribution in [0, 0.1) is 5.82 Å². The number of benzene rings is 1. The highest BCUT2D eigenvalue weighted by molar-refractivity contribution is 9.10. The van der Waals surface area contributed by atoms with Gasteiger partial charge in [0.05, 0.1) is 15.2 Å². The lowest BCUT2D eigenvalue weighted by atomic mass is 9.93. The monoisotopic (exact) mass is 556 g/mol. The molecule has 1 aromatic carbocycles. The molecule has 2 aromatic rings. The fraction of sp³-hybridized carbons (Fsp3) is 0.609. The van der Waals surface area contributed by atoms with Gasteiger partial charge in [0.2, 0.25) is 5.95 Å². The molecule has 186 valence electrons. The van der Waals surface area contributed by atoms with Crippen molar-refractivity contribution in [3.8, 4) is 0 Å². The average Bonchev–Trinajstić information content (AvgIpc) is 3.29. The summed E-state index contributed by atoms with van der Waals surface area (Å²) in [5, 5.41) is 10.2. The zero-order valence-corrected chi connectivity index (χ0v) is 22.3. The topological polar surface area (TPSA) is 76.0 Å². The smallest absolute Gasteiger partial charge is 0.407 e. The summed E-state index contributed by atoms with van der Waals surface area (Å²) in [6.45, 7) is 8.01. The molecule has 2 aliphatic heterocycles. The van der Waals surface area contributed by atoms with Crippen molar-refractivity contribution < 1.29 is 14.3 Å². The number of rotatable bonds is 5. The largest absolute Gasteiger partial charge is 0.465 e. The van der Waals surface area contributed by atoms with E-state index in [1.807, 2.05) is 0 Å². The van der Waals surface area contributed by atoms with Crippen LogP contribution in [0.15, 0.2) is 10.5 Å². The minimum atomic E-state index is -0.888. The Bertz CT molecular complexity index is 1090. The molecule has 34 heavy (non-hydrogen) atoms. The zero-order chi connectivity index (χ0) is 24.8. The molecule has 0 saturated carbocycles. The minimum Gasteiger partial charge on any atom is -0.465 e. The van der Waals surface area contributed by atoms with E-state index in [0.717, 1.165) is 25.2 Å². The lowest BCUT2D eigenvalue weighted by Gasteiger charge is -2.43. The number of hydrogen-bond donors (Lipinski definition) is 1. The molecule has 1 amide bonds. The van der Waals surface area contributed by atoms with Crippen LogP contribution in [0.2, 0.25) is 5.02 Å². The number of piperazine rings is 1. The van der Waals surface area contributed by atoms with E-state index < -0.39 is 11.9 Å². The molecule has 2 saturated heterocycles. The standard InChI is InChI=1S/C23H31BrClFN6O2/c1-23(2,32-9-7-30(8-10-32)22(33)34)12-17-15-11-16(25)18(24)19(26)20(15)28-21(27-17)31-6-5-14(13-31)29(3)4/h11,14H,5-10,12-13H2,1-4H3,(H,33,34). The molecule has 0 spiro atoms. The number of anilines is 1. The minimum absolute atomic E-state index is 0.203. The molecule has 11 heteroatoms. The summed E-state index contributed by atoms with van der Waals surface area (Å²) in [5.41, 5.74) is 0.680. The highest BCUT2D eigenvalue weighted by Gasteiger charge is 2.34. The first-order chi connectivity index (χ1) is 16.0. The number of amides is 1. The number of likely N-dealkylation sites (N-methyl/N-ethyl adjacent to an activating group) is 1. The first-order valence-electron chi connectivity index (χ1n) is 11.5. The molecule has 0 radical (unpaired) electrons.